The minimum absolute atomic E-state index is 0. The average molecular weight is 337 g/mol. The Labute approximate surface area is 143 Å². The molecule has 1 N–H and O–H groups in total. The maximum atomic E-state index is 6.00. The van der Waals surface area contributed by atoms with Gasteiger partial charge in [0, 0.05) is 11.9 Å². The summed E-state index contributed by atoms with van der Waals surface area (Å²) in [5.41, 5.74) is 1.51. The van der Waals surface area contributed by atoms with Crippen LogP contribution in [0.5, 0.6) is 5.75 Å². The zero-order valence-electron chi connectivity index (χ0n) is 13.6. The summed E-state index contributed by atoms with van der Waals surface area (Å²) in [5, 5.41) is 4.61. The third kappa shape index (κ3) is 3.35. The Balaban J connectivity index is 0.00000156. The average Bonchev–Trinajstić information content (AvgIpc) is 3.11. The minimum atomic E-state index is 0. The lowest BCUT2D eigenvalue weighted by Gasteiger charge is -2.33. The summed E-state index contributed by atoms with van der Waals surface area (Å²) in [5.74, 6) is 1.95. The number of likely N-dealkylation sites (tertiary alicyclic amines) is 1. The fourth-order valence-electron chi connectivity index (χ4n) is 4.03. The smallest absolute Gasteiger partial charge is 0.134 e. The van der Waals surface area contributed by atoms with E-state index in [0.29, 0.717) is 5.41 Å². The van der Waals surface area contributed by atoms with Gasteiger partial charge in [-0.05, 0) is 68.6 Å². The molecule has 2 saturated heterocycles. The standard InChI is InChI=1S/C18H24N2O2.ClH/c1-21-15-2-3-17-14(10-15)11-16(22-17)12-20-9-6-18(13-20)4-7-19-8-5-18;/h2-3,10-11,19H,4-9,12-13H2,1H3;1H. The van der Waals surface area contributed by atoms with Crippen LogP contribution in [0.4, 0.5) is 0 Å². The number of nitrogens with zero attached hydrogens (tertiary/aromatic N) is 1. The number of ether oxygens (including phenoxy) is 1. The van der Waals surface area contributed by atoms with Crippen molar-refractivity contribution in [1.29, 1.82) is 0 Å². The molecule has 23 heavy (non-hydrogen) atoms. The second kappa shape index (κ2) is 6.71. The van der Waals surface area contributed by atoms with Crippen LogP contribution >= 0.6 is 12.4 Å². The number of benzene rings is 1. The molecule has 3 heterocycles. The van der Waals surface area contributed by atoms with Crippen molar-refractivity contribution in [2.45, 2.75) is 25.8 Å². The molecule has 2 aliphatic heterocycles. The van der Waals surface area contributed by atoms with Crippen molar-refractivity contribution >= 4 is 23.4 Å². The molecule has 126 valence electrons. The number of hydrogen-bond donors (Lipinski definition) is 1. The zero-order valence-corrected chi connectivity index (χ0v) is 14.5. The van der Waals surface area contributed by atoms with Crippen molar-refractivity contribution in [2.24, 2.45) is 5.41 Å². The van der Waals surface area contributed by atoms with Crippen LogP contribution in [-0.4, -0.2) is 38.2 Å². The molecular formula is C18H25ClN2O2. The molecular weight excluding hydrogens is 312 g/mol. The first kappa shape index (κ1) is 16.6. The normalized spacial score (nSPS) is 20.7. The fourth-order valence-corrected chi connectivity index (χ4v) is 4.03. The molecule has 2 fully saturated rings. The molecule has 1 aromatic carbocycles. The van der Waals surface area contributed by atoms with Gasteiger partial charge in [0.1, 0.15) is 17.1 Å². The van der Waals surface area contributed by atoms with Gasteiger partial charge >= 0.3 is 0 Å². The van der Waals surface area contributed by atoms with Crippen LogP contribution < -0.4 is 10.1 Å². The highest BCUT2D eigenvalue weighted by Gasteiger charge is 2.38. The Hall–Kier alpha value is -1.23. The van der Waals surface area contributed by atoms with Crippen molar-refractivity contribution in [1.82, 2.24) is 10.2 Å². The van der Waals surface area contributed by atoms with E-state index in [9.17, 15) is 0 Å². The van der Waals surface area contributed by atoms with E-state index in [2.05, 4.69) is 16.3 Å². The molecule has 0 saturated carbocycles. The molecule has 4 rings (SSSR count). The van der Waals surface area contributed by atoms with Gasteiger partial charge in [-0.1, -0.05) is 0 Å². The second-order valence-corrected chi connectivity index (χ2v) is 6.83. The lowest BCUT2D eigenvalue weighted by atomic mass is 9.78. The van der Waals surface area contributed by atoms with Gasteiger partial charge in [0.2, 0.25) is 0 Å². The van der Waals surface area contributed by atoms with E-state index < -0.39 is 0 Å². The summed E-state index contributed by atoms with van der Waals surface area (Å²) in [6.45, 7) is 5.69. The van der Waals surface area contributed by atoms with Crippen LogP contribution in [0.3, 0.4) is 0 Å². The predicted octanol–water partition coefficient (Wildman–Crippen LogP) is 3.44. The summed E-state index contributed by atoms with van der Waals surface area (Å²) in [7, 11) is 1.70. The van der Waals surface area contributed by atoms with E-state index >= 15 is 0 Å². The molecule has 0 aliphatic carbocycles. The molecule has 0 radical (unpaired) electrons. The number of halogens is 1. The van der Waals surface area contributed by atoms with Gasteiger partial charge in [0.25, 0.3) is 0 Å². The second-order valence-electron chi connectivity index (χ2n) is 6.83. The number of nitrogens with one attached hydrogen (secondary N) is 1. The van der Waals surface area contributed by atoms with Crippen LogP contribution in [0.15, 0.2) is 28.7 Å². The van der Waals surface area contributed by atoms with E-state index in [4.69, 9.17) is 9.15 Å². The Morgan fingerprint density at radius 2 is 2.04 bits per heavy atom. The lowest BCUT2D eigenvalue weighted by Crippen LogP contribution is -2.38. The number of methoxy groups -OCH3 is 1. The van der Waals surface area contributed by atoms with Crippen LogP contribution in [0.25, 0.3) is 11.0 Å². The molecule has 0 atom stereocenters. The summed E-state index contributed by atoms with van der Waals surface area (Å²) >= 11 is 0. The quantitative estimate of drug-likeness (QED) is 0.931. The van der Waals surface area contributed by atoms with E-state index in [0.717, 1.165) is 29.0 Å². The molecule has 2 aromatic rings. The number of hydrogen-bond acceptors (Lipinski definition) is 4. The third-order valence-corrected chi connectivity index (χ3v) is 5.34. The molecule has 0 bridgehead atoms. The van der Waals surface area contributed by atoms with Crippen molar-refractivity contribution in [3.63, 3.8) is 0 Å². The number of rotatable bonds is 3. The van der Waals surface area contributed by atoms with Gasteiger partial charge in [-0.15, -0.1) is 12.4 Å². The van der Waals surface area contributed by atoms with Crippen molar-refractivity contribution in [3.05, 3.63) is 30.0 Å². The van der Waals surface area contributed by atoms with Crippen molar-refractivity contribution in [2.75, 3.05) is 33.3 Å². The summed E-state index contributed by atoms with van der Waals surface area (Å²) in [4.78, 5) is 2.56. The monoisotopic (exact) mass is 336 g/mol. The highest BCUT2D eigenvalue weighted by atomic mass is 35.5. The van der Waals surface area contributed by atoms with Crippen LogP contribution in [-0.2, 0) is 6.54 Å². The lowest BCUT2D eigenvalue weighted by molar-refractivity contribution is 0.189. The Kier molecular flexibility index (Phi) is 4.85. The largest absolute Gasteiger partial charge is 0.497 e. The first-order valence-electron chi connectivity index (χ1n) is 8.26. The zero-order chi connectivity index (χ0) is 15.0. The first-order chi connectivity index (χ1) is 10.8. The first-order valence-corrected chi connectivity index (χ1v) is 8.26. The molecule has 1 spiro atoms. The van der Waals surface area contributed by atoms with Gasteiger partial charge in [-0.3, -0.25) is 4.90 Å². The maximum Gasteiger partial charge on any atom is 0.134 e. The van der Waals surface area contributed by atoms with Crippen LogP contribution in [0.1, 0.15) is 25.0 Å². The maximum absolute atomic E-state index is 6.00. The molecule has 5 heteroatoms. The molecule has 1 aromatic heterocycles. The van der Waals surface area contributed by atoms with Crippen molar-refractivity contribution in [3.8, 4) is 5.75 Å². The van der Waals surface area contributed by atoms with Gasteiger partial charge in [0.15, 0.2) is 0 Å². The SMILES string of the molecule is COc1ccc2oc(CN3CCC4(CCNCC4)C3)cc2c1.Cl. The summed E-state index contributed by atoms with van der Waals surface area (Å²) < 4.78 is 11.3. The molecule has 2 aliphatic rings. The third-order valence-electron chi connectivity index (χ3n) is 5.34. The van der Waals surface area contributed by atoms with Gasteiger partial charge < -0.3 is 14.5 Å². The molecule has 4 nitrogen and oxygen atoms in total. The Bertz CT molecular complexity index is 664. The van der Waals surface area contributed by atoms with Crippen LogP contribution in [0.2, 0.25) is 0 Å². The summed E-state index contributed by atoms with van der Waals surface area (Å²) in [6, 6.07) is 8.15. The fraction of sp³-hybridized carbons (Fsp3) is 0.556. The van der Waals surface area contributed by atoms with Gasteiger partial charge in [0.05, 0.1) is 13.7 Å². The Morgan fingerprint density at radius 1 is 1.22 bits per heavy atom. The molecule has 0 unspecified atom stereocenters. The molecule has 0 amide bonds. The summed E-state index contributed by atoms with van der Waals surface area (Å²) in [6.07, 6.45) is 3.98. The number of fused-ring (bicyclic) bond motifs is 1. The highest BCUT2D eigenvalue weighted by molar-refractivity contribution is 5.85. The topological polar surface area (TPSA) is 37.6 Å². The van der Waals surface area contributed by atoms with E-state index in [-0.39, 0.29) is 12.4 Å². The van der Waals surface area contributed by atoms with E-state index in [1.807, 2.05) is 18.2 Å². The minimum Gasteiger partial charge on any atom is -0.497 e. The van der Waals surface area contributed by atoms with Gasteiger partial charge in [-0.2, -0.15) is 0 Å². The Morgan fingerprint density at radius 3 is 2.83 bits per heavy atom. The highest BCUT2D eigenvalue weighted by Crippen LogP contribution is 2.39. The van der Waals surface area contributed by atoms with Crippen LogP contribution in [0, 0.1) is 5.41 Å². The predicted molar refractivity (Wildman–Crippen MR) is 94.4 cm³/mol. The number of piperidine rings is 1. The van der Waals surface area contributed by atoms with Gasteiger partial charge in [-0.25, -0.2) is 0 Å². The van der Waals surface area contributed by atoms with E-state index in [1.54, 1.807) is 7.11 Å². The number of furan rings is 1. The van der Waals surface area contributed by atoms with Crippen molar-refractivity contribution < 1.29 is 9.15 Å². The van der Waals surface area contributed by atoms with E-state index in [1.165, 1.54) is 45.4 Å².